The summed E-state index contributed by atoms with van der Waals surface area (Å²) < 4.78 is 0. The largest absolute Gasteiger partial charge is 0.337 e. The molecule has 2 aliphatic heterocycles. The highest BCUT2D eigenvalue weighted by molar-refractivity contribution is 7.15. The SMILES string of the molecule is CC(=O)N1CCc2nc(NC(=O)C3CCN(C#N)C3)sc2C1. The molecule has 0 bridgehead atoms. The molecule has 1 atom stereocenters. The van der Waals surface area contributed by atoms with Crippen molar-refractivity contribution >= 4 is 28.3 Å². The Balaban J connectivity index is 1.64. The van der Waals surface area contributed by atoms with Crippen LogP contribution in [0.15, 0.2) is 0 Å². The molecular formula is C14H17N5O2S. The van der Waals surface area contributed by atoms with Crippen molar-refractivity contribution in [1.82, 2.24) is 14.8 Å². The van der Waals surface area contributed by atoms with Crippen LogP contribution in [0.5, 0.6) is 0 Å². The Morgan fingerprint density at radius 2 is 2.27 bits per heavy atom. The fourth-order valence-corrected chi connectivity index (χ4v) is 3.82. The summed E-state index contributed by atoms with van der Waals surface area (Å²) in [5.74, 6) is -0.172. The average Bonchev–Trinajstić information content (AvgIpc) is 3.12. The molecule has 1 fully saturated rings. The van der Waals surface area contributed by atoms with Gasteiger partial charge in [-0.1, -0.05) is 11.3 Å². The minimum atomic E-state index is -0.158. The maximum Gasteiger partial charge on any atom is 0.231 e. The molecule has 0 saturated carbocycles. The Labute approximate surface area is 132 Å². The van der Waals surface area contributed by atoms with Gasteiger partial charge in [0.25, 0.3) is 0 Å². The second kappa shape index (κ2) is 5.93. The van der Waals surface area contributed by atoms with E-state index >= 15 is 0 Å². The standard InChI is InChI=1S/C14H17N5O2S/c1-9(20)19-5-3-11-12(7-19)22-14(16-11)17-13(21)10-2-4-18(6-10)8-15/h10H,2-7H2,1H3,(H,16,17,21). The van der Waals surface area contributed by atoms with Crippen molar-refractivity contribution in [1.29, 1.82) is 5.26 Å². The highest BCUT2D eigenvalue weighted by Gasteiger charge is 2.29. The van der Waals surface area contributed by atoms with Crippen molar-refractivity contribution in [2.45, 2.75) is 26.3 Å². The van der Waals surface area contributed by atoms with Crippen LogP contribution in [-0.4, -0.2) is 46.2 Å². The lowest BCUT2D eigenvalue weighted by atomic mass is 10.1. The van der Waals surface area contributed by atoms with Crippen molar-refractivity contribution < 1.29 is 9.59 Å². The van der Waals surface area contributed by atoms with Crippen LogP contribution in [0.3, 0.4) is 0 Å². The number of carbonyl (C=O) groups excluding carboxylic acids is 2. The van der Waals surface area contributed by atoms with Crippen molar-refractivity contribution in [2.75, 3.05) is 25.0 Å². The molecule has 8 heteroatoms. The number of thiazole rings is 1. The first-order chi connectivity index (χ1) is 10.6. The zero-order valence-corrected chi connectivity index (χ0v) is 13.2. The summed E-state index contributed by atoms with van der Waals surface area (Å²) in [5.41, 5.74) is 0.975. The molecule has 1 unspecified atom stereocenters. The molecule has 1 aromatic heterocycles. The predicted molar refractivity (Wildman–Crippen MR) is 80.8 cm³/mol. The van der Waals surface area contributed by atoms with Gasteiger partial charge < -0.3 is 15.1 Å². The van der Waals surface area contributed by atoms with E-state index in [1.165, 1.54) is 11.3 Å². The van der Waals surface area contributed by atoms with Crippen LogP contribution in [0, 0.1) is 17.4 Å². The second-order valence-corrected chi connectivity index (χ2v) is 6.68. The summed E-state index contributed by atoms with van der Waals surface area (Å²) in [7, 11) is 0. The van der Waals surface area contributed by atoms with Gasteiger partial charge in [-0.25, -0.2) is 4.98 Å². The molecule has 1 N–H and O–H groups in total. The van der Waals surface area contributed by atoms with Gasteiger partial charge in [0.2, 0.25) is 11.8 Å². The van der Waals surface area contributed by atoms with Crippen LogP contribution < -0.4 is 5.32 Å². The normalized spacial score (nSPS) is 20.5. The molecule has 1 saturated heterocycles. The fourth-order valence-electron chi connectivity index (χ4n) is 2.79. The molecule has 2 aliphatic rings. The minimum Gasteiger partial charge on any atom is -0.337 e. The molecular weight excluding hydrogens is 302 g/mol. The molecule has 3 heterocycles. The van der Waals surface area contributed by atoms with E-state index < -0.39 is 0 Å². The predicted octanol–water partition coefficient (Wildman–Crippen LogP) is 0.789. The van der Waals surface area contributed by atoms with Crippen molar-refractivity contribution in [3.8, 4) is 6.19 Å². The number of fused-ring (bicyclic) bond motifs is 1. The van der Waals surface area contributed by atoms with E-state index in [4.69, 9.17) is 5.26 Å². The fraction of sp³-hybridized carbons (Fsp3) is 0.571. The summed E-state index contributed by atoms with van der Waals surface area (Å²) in [6.45, 7) is 3.93. The van der Waals surface area contributed by atoms with Gasteiger partial charge in [-0.15, -0.1) is 0 Å². The Morgan fingerprint density at radius 1 is 1.45 bits per heavy atom. The molecule has 3 rings (SSSR count). The third-order valence-electron chi connectivity index (χ3n) is 4.11. The second-order valence-electron chi connectivity index (χ2n) is 5.60. The van der Waals surface area contributed by atoms with E-state index in [0.29, 0.717) is 37.7 Å². The number of hydrogen-bond acceptors (Lipinski definition) is 6. The first-order valence-electron chi connectivity index (χ1n) is 7.26. The van der Waals surface area contributed by atoms with E-state index in [9.17, 15) is 9.59 Å². The lowest BCUT2D eigenvalue weighted by Crippen LogP contribution is -2.33. The first-order valence-corrected chi connectivity index (χ1v) is 8.08. The Morgan fingerprint density at radius 3 is 2.95 bits per heavy atom. The van der Waals surface area contributed by atoms with E-state index in [2.05, 4.69) is 16.5 Å². The van der Waals surface area contributed by atoms with E-state index in [-0.39, 0.29) is 17.7 Å². The summed E-state index contributed by atoms with van der Waals surface area (Å²) in [4.78, 5) is 32.5. The number of aromatic nitrogens is 1. The lowest BCUT2D eigenvalue weighted by Gasteiger charge is -2.24. The number of rotatable bonds is 2. The molecule has 22 heavy (non-hydrogen) atoms. The summed E-state index contributed by atoms with van der Waals surface area (Å²) >= 11 is 1.43. The summed E-state index contributed by atoms with van der Waals surface area (Å²) in [5, 5.41) is 12.3. The highest BCUT2D eigenvalue weighted by Crippen LogP contribution is 2.29. The molecule has 0 aliphatic carbocycles. The van der Waals surface area contributed by atoms with E-state index in [1.54, 1.807) is 16.7 Å². The van der Waals surface area contributed by atoms with Gasteiger partial charge in [0.1, 0.15) is 0 Å². The average molecular weight is 319 g/mol. The zero-order valence-electron chi connectivity index (χ0n) is 12.3. The van der Waals surface area contributed by atoms with E-state index in [1.807, 2.05) is 0 Å². The smallest absolute Gasteiger partial charge is 0.231 e. The molecule has 7 nitrogen and oxygen atoms in total. The van der Waals surface area contributed by atoms with Gasteiger partial charge in [-0.3, -0.25) is 9.59 Å². The highest BCUT2D eigenvalue weighted by atomic mass is 32.1. The number of carbonyl (C=O) groups is 2. The van der Waals surface area contributed by atoms with Gasteiger partial charge in [-0.05, 0) is 6.42 Å². The lowest BCUT2D eigenvalue weighted by molar-refractivity contribution is -0.129. The van der Waals surface area contributed by atoms with Crippen LogP contribution in [-0.2, 0) is 22.6 Å². The third kappa shape index (κ3) is 2.90. The van der Waals surface area contributed by atoms with Gasteiger partial charge in [-0.2, -0.15) is 5.26 Å². The summed E-state index contributed by atoms with van der Waals surface area (Å²) in [6.07, 6.45) is 3.50. The zero-order chi connectivity index (χ0) is 15.7. The first kappa shape index (κ1) is 14.8. The molecule has 116 valence electrons. The Kier molecular flexibility index (Phi) is 3.98. The van der Waals surface area contributed by atoms with Crippen molar-refractivity contribution in [3.05, 3.63) is 10.6 Å². The van der Waals surface area contributed by atoms with E-state index in [0.717, 1.165) is 17.0 Å². The number of amides is 2. The maximum atomic E-state index is 12.2. The van der Waals surface area contributed by atoms with Crippen LogP contribution in [0.2, 0.25) is 0 Å². The van der Waals surface area contributed by atoms with Crippen molar-refractivity contribution in [2.24, 2.45) is 5.92 Å². The number of nitriles is 1. The van der Waals surface area contributed by atoms with Crippen LogP contribution in [0.1, 0.15) is 23.9 Å². The van der Waals surface area contributed by atoms with Crippen LogP contribution in [0.25, 0.3) is 0 Å². The Bertz CT molecular complexity index is 650. The minimum absolute atomic E-state index is 0.0622. The van der Waals surface area contributed by atoms with Gasteiger partial charge in [0.05, 0.1) is 18.2 Å². The van der Waals surface area contributed by atoms with Crippen LogP contribution >= 0.6 is 11.3 Å². The molecule has 1 aromatic rings. The molecule has 0 radical (unpaired) electrons. The maximum absolute atomic E-state index is 12.2. The number of likely N-dealkylation sites (tertiary alicyclic amines) is 1. The number of nitrogens with zero attached hydrogens (tertiary/aromatic N) is 4. The topological polar surface area (TPSA) is 89.3 Å². The van der Waals surface area contributed by atoms with Gasteiger partial charge >= 0.3 is 0 Å². The molecule has 0 spiro atoms. The van der Waals surface area contributed by atoms with Crippen LogP contribution in [0.4, 0.5) is 5.13 Å². The number of nitrogens with one attached hydrogen (secondary N) is 1. The molecule has 0 aromatic carbocycles. The van der Waals surface area contributed by atoms with Crippen molar-refractivity contribution in [3.63, 3.8) is 0 Å². The third-order valence-corrected chi connectivity index (χ3v) is 5.10. The molecule has 2 amide bonds. The number of hydrogen-bond donors (Lipinski definition) is 1. The number of anilines is 1. The monoisotopic (exact) mass is 319 g/mol. The van der Waals surface area contributed by atoms with Gasteiger partial charge in [0.15, 0.2) is 11.3 Å². The quantitative estimate of drug-likeness (QED) is 0.814. The van der Waals surface area contributed by atoms with Gasteiger partial charge in [0, 0.05) is 37.9 Å². The Hall–Kier alpha value is -2.14. The summed E-state index contributed by atoms with van der Waals surface area (Å²) in [6, 6.07) is 0.